The van der Waals surface area contributed by atoms with Gasteiger partial charge in [0.15, 0.2) is 0 Å². The number of hydrogen-bond acceptors (Lipinski definition) is 4. The Kier molecular flexibility index (Phi) is 6.07. The number of carbonyl (C=O) groups excluding carboxylic acids is 1. The molecule has 1 amide bonds. The van der Waals surface area contributed by atoms with Gasteiger partial charge < -0.3 is 14.8 Å². The van der Waals surface area contributed by atoms with E-state index in [9.17, 15) is 4.79 Å². The highest BCUT2D eigenvalue weighted by molar-refractivity contribution is 5.95. The Bertz CT molecular complexity index is 476. The summed E-state index contributed by atoms with van der Waals surface area (Å²) in [5, 5.41) is 3.01. The fourth-order valence-electron chi connectivity index (χ4n) is 2.77. The minimum atomic E-state index is -0.0962. The first-order chi connectivity index (χ1) is 10.6. The third-order valence-corrected chi connectivity index (χ3v) is 4.19. The van der Waals surface area contributed by atoms with E-state index in [1.807, 2.05) is 0 Å². The van der Waals surface area contributed by atoms with Crippen LogP contribution in [0.25, 0.3) is 0 Å². The SMILES string of the molecule is COc1cc(OC)cc(C(=O)NCC(C)N2CCCCC2)c1. The van der Waals surface area contributed by atoms with E-state index in [4.69, 9.17) is 9.47 Å². The molecule has 0 aliphatic carbocycles. The first-order valence-electron chi connectivity index (χ1n) is 7.89. The molecule has 1 heterocycles. The molecule has 0 bridgehead atoms. The molecule has 1 aromatic rings. The molecular formula is C17H26N2O3. The van der Waals surface area contributed by atoms with Crippen molar-refractivity contribution in [2.45, 2.75) is 32.2 Å². The van der Waals surface area contributed by atoms with Crippen molar-refractivity contribution >= 4 is 5.91 Å². The molecule has 22 heavy (non-hydrogen) atoms. The number of carbonyl (C=O) groups is 1. The van der Waals surface area contributed by atoms with Crippen molar-refractivity contribution < 1.29 is 14.3 Å². The molecule has 1 unspecified atom stereocenters. The summed E-state index contributed by atoms with van der Waals surface area (Å²) in [7, 11) is 3.16. The largest absolute Gasteiger partial charge is 0.497 e. The maximum Gasteiger partial charge on any atom is 0.251 e. The van der Waals surface area contributed by atoms with Crippen molar-refractivity contribution in [2.24, 2.45) is 0 Å². The quantitative estimate of drug-likeness (QED) is 0.876. The number of piperidine rings is 1. The molecule has 0 radical (unpaired) electrons. The average Bonchev–Trinajstić information content (AvgIpc) is 2.59. The summed E-state index contributed by atoms with van der Waals surface area (Å²) in [6.45, 7) is 5.07. The van der Waals surface area contributed by atoms with Crippen molar-refractivity contribution in [2.75, 3.05) is 33.9 Å². The molecule has 5 nitrogen and oxygen atoms in total. The lowest BCUT2D eigenvalue weighted by Gasteiger charge is -2.32. The van der Waals surface area contributed by atoms with Gasteiger partial charge in [-0.25, -0.2) is 0 Å². The summed E-state index contributed by atoms with van der Waals surface area (Å²) in [5.74, 6) is 1.14. The van der Waals surface area contributed by atoms with Crippen molar-refractivity contribution in [3.63, 3.8) is 0 Å². The highest BCUT2D eigenvalue weighted by Gasteiger charge is 2.18. The van der Waals surface area contributed by atoms with Gasteiger partial charge in [0.1, 0.15) is 11.5 Å². The van der Waals surface area contributed by atoms with Crippen molar-refractivity contribution in [3.05, 3.63) is 23.8 Å². The third kappa shape index (κ3) is 4.37. The Morgan fingerprint density at radius 3 is 2.27 bits per heavy atom. The van der Waals surface area contributed by atoms with Gasteiger partial charge >= 0.3 is 0 Å². The maximum absolute atomic E-state index is 12.3. The molecule has 5 heteroatoms. The second kappa shape index (κ2) is 8.03. The minimum absolute atomic E-state index is 0.0962. The first kappa shape index (κ1) is 16.6. The van der Waals surface area contributed by atoms with Crippen LogP contribution in [0.1, 0.15) is 36.5 Å². The highest BCUT2D eigenvalue weighted by atomic mass is 16.5. The van der Waals surface area contributed by atoms with E-state index in [-0.39, 0.29) is 5.91 Å². The number of nitrogens with zero attached hydrogens (tertiary/aromatic N) is 1. The monoisotopic (exact) mass is 306 g/mol. The molecule has 122 valence electrons. The Morgan fingerprint density at radius 1 is 1.14 bits per heavy atom. The zero-order valence-corrected chi connectivity index (χ0v) is 13.7. The van der Waals surface area contributed by atoms with Crippen LogP contribution in [0.15, 0.2) is 18.2 Å². The number of likely N-dealkylation sites (tertiary alicyclic amines) is 1. The lowest BCUT2D eigenvalue weighted by Crippen LogP contribution is -2.44. The molecule has 1 atom stereocenters. The van der Waals surface area contributed by atoms with Crippen LogP contribution < -0.4 is 14.8 Å². The molecule has 1 N–H and O–H groups in total. The predicted molar refractivity (Wildman–Crippen MR) is 86.8 cm³/mol. The molecular weight excluding hydrogens is 280 g/mol. The van der Waals surface area contributed by atoms with E-state index in [2.05, 4.69) is 17.1 Å². The molecule has 0 saturated carbocycles. The van der Waals surface area contributed by atoms with Crippen LogP contribution in [0.5, 0.6) is 11.5 Å². The summed E-state index contributed by atoms with van der Waals surface area (Å²) in [4.78, 5) is 14.8. The zero-order valence-electron chi connectivity index (χ0n) is 13.7. The second-order valence-corrected chi connectivity index (χ2v) is 5.76. The van der Waals surface area contributed by atoms with E-state index in [0.717, 1.165) is 13.1 Å². The standard InChI is InChI=1S/C17H26N2O3/c1-13(19-7-5-4-6-8-19)12-18-17(20)14-9-15(21-2)11-16(10-14)22-3/h9-11,13H,4-8,12H2,1-3H3,(H,18,20). The van der Waals surface area contributed by atoms with Gasteiger partial charge in [0.05, 0.1) is 14.2 Å². The molecule has 0 aromatic heterocycles. The Hall–Kier alpha value is -1.75. The predicted octanol–water partition coefficient (Wildman–Crippen LogP) is 2.31. The summed E-state index contributed by atoms with van der Waals surface area (Å²) in [5.41, 5.74) is 0.557. The van der Waals surface area contributed by atoms with E-state index in [1.54, 1.807) is 32.4 Å². The van der Waals surface area contributed by atoms with Crippen molar-refractivity contribution in [1.29, 1.82) is 0 Å². The van der Waals surface area contributed by atoms with Gasteiger partial charge in [0.2, 0.25) is 0 Å². The third-order valence-electron chi connectivity index (χ3n) is 4.19. The fourth-order valence-corrected chi connectivity index (χ4v) is 2.77. The number of benzene rings is 1. The van der Waals surface area contributed by atoms with Gasteiger partial charge in [-0.1, -0.05) is 6.42 Å². The van der Waals surface area contributed by atoms with E-state index < -0.39 is 0 Å². The Morgan fingerprint density at radius 2 is 1.73 bits per heavy atom. The fraction of sp³-hybridized carbons (Fsp3) is 0.588. The van der Waals surface area contributed by atoms with Crippen LogP contribution in [0.2, 0.25) is 0 Å². The van der Waals surface area contributed by atoms with Gasteiger partial charge in [-0.3, -0.25) is 9.69 Å². The van der Waals surface area contributed by atoms with Gasteiger partial charge in [0, 0.05) is 24.2 Å². The molecule has 1 fully saturated rings. The average molecular weight is 306 g/mol. The summed E-state index contributed by atoms with van der Waals surface area (Å²) in [6.07, 6.45) is 3.83. The number of methoxy groups -OCH3 is 2. The number of ether oxygens (including phenoxy) is 2. The summed E-state index contributed by atoms with van der Waals surface area (Å²) >= 11 is 0. The molecule has 1 aliphatic heterocycles. The number of hydrogen-bond donors (Lipinski definition) is 1. The van der Waals surface area contributed by atoms with Crippen molar-refractivity contribution in [1.82, 2.24) is 10.2 Å². The van der Waals surface area contributed by atoms with E-state index >= 15 is 0 Å². The highest BCUT2D eigenvalue weighted by Crippen LogP contribution is 2.22. The van der Waals surface area contributed by atoms with Crippen LogP contribution in [-0.4, -0.2) is 50.7 Å². The number of nitrogens with one attached hydrogen (secondary N) is 1. The minimum Gasteiger partial charge on any atom is -0.497 e. The van der Waals surface area contributed by atoms with Gasteiger partial charge in [-0.2, -0.15) is 0 Å². The van der Waals surface area contributed by atoms with Crippen LogP contribution in [0.3, 0.4) is 0 Å². The van der Waals surface area contributed by atoms with Gasteiger partial charge in [-0.15, -0.1) is 0 Å². The first-order valence-corrected chi connectivity index (χ1v) is 7.89. The van der Waals surface area contributed by atoms with Crippen LogP contribution >= 0.6 is 0 Å². The smallest absolute Gasteiger partial charge is 0.251 e. The lowest BCUT2D eigenvalue weighted by atomic mass is 10.1. The van der Waals surface area contributed by atoms with Crippen LogP contribution in [0, 0.1) is 0 Å². The van der Waals surface area contributed by atoms with Crippen LogP contribution in [-0.2, 0) is 0 Å². The molecule has 0 spiro atoms. The second-order valence-electron chi connectivity index (χ2n) is 5.76. The zero-order chi connectivity index (χ0) is 15.9. The molecule has 2 rings (SSSR count). The maximum atomic E-state index is 12.3. The Balaban J connectivity index is 1.93. The molecule has 1 aromatic carbocycles. The van der Waals surface area contributed by atoms with Gasteiger partial charge in [-0.05, 0) is 45.0 Å². The topological polar surface area (TPSA) is 50.8 Å². The molecule has 1 aliphatic rings. The Labute approximate surface area is 132 Å². The van der Waals surface area contributed by atoms with Gasteiger partial charge in [0.25, 0.3) is 5.91 Å². The van der Waals surface area contributed by atoms with E-state index in [0.29, 0.717) is 29.6 Å². The van der Waals surface area contributed by atoms with Crippen LogP contribution in [0.4, 0.5) is 0 Å². The summed E-state index contributed by atoms with van der Waals surface area (Å²) in [6, 6.07) is 5.57. The van der Waals surface area contributed by atoms with Crippen molar-refractivity contribution in [3.8, 4) is 11.5 Å². The summed E-state index contributed by atoms with van der Waals surface area (Å²) < 4.78 is 10.4. The molecule has 1 saturated heterocycles. The normalized spacial score (nSPS) is 16.9. The lowest BCUT2D eigenvalue weighted by molar-refractivity contribution is 0.0929. The van der Waals surface area contributed by atoms with E-state index in [1.165, 1.54) is 19.3 Å². The number of rotatable bonds is 6. The number of amides is 1.